The van der Waals surface area contributed by atoms with Crippen LogP contribution in [-0.2, 0) is 19.2 Å². The van der Waals surface area contributed by atoms with Gasteiger partial charge in [0.15, 0.2) is 0 Å². The third kappa shape index (κ3) is 134. The van der Waals surface area contributed by atoms with Gasteiger partial charge in [-0.3, -0.25) is 0 Å². The summed E-state index contributed by atoms with van der Waals surface area (Å²) in [7, 11) is 0. The normalized spacial score (nSPS) is 7.23. The number of carbonyl (C=O) groups is 4. The first-order valence-electron chi connectivity index (χ1n) is 6.88. The summed E-state index contributed by atoms with van der Waals surface area (Å²) in [5, 5.41) is 38.7. The summed E-state index contributed by atoms with van der Waals surface area (Å²) in [5.41, 5.74) is 0. The molecule has 0 heterocycles. The van der Waals surface area contributed by atoms with E-state index in [2.05, 4.69) is 40.2 Å². The Labute approximate surface area is 152 Å². The van der Waals surface area contributed by atoms with Gasteiger partial charge < -0.3 is 25.5 Å². The molecule has 9 heteroatoms. The maximum atomic E-state index is 9.25. The Morgan fingerprint density at radius 2 is 0.846 bits per heavy atom. The lowest BCUT2D eigenvalue weighted by Crippen LogP contribution is -1.89. The second kappa shape index (κ2) is 29.8. The molecular formula is C17H28O9. The number of carboxylic acid groups (broad SMARTS) is 4. The Balaban J connectivity index is -0.0000000708. The van der Waals surface area contributed by atoms with Crippen molar-refractivity contribution >= 4 is 23.9 Å². The molecule has 150 valence electrons. The van der Waals surface area contributed by atoms with E-state index < -0.39 is 23.9 Å². The summed E-state index contributed by atoms with van der Waals surface area (Å²) in [6.07, 6.45) is 4.26. The van der Waals surface area contributed by atoms with E-state index in [1.807, 2.05) is 0 Å². The number of rotatable bonds is 6. The quantitative estimate of drug-likeness (QED) is 0.435. The predicted molar refractivity (Wildman–Crippen MR) is 97.9 cm³/mol. The number of hydrogen-bond acceptors (Lipinski definition) is 5. The van der Waals surface area contributed by atoms with Crippen LogP contribution in [0.1, 0.15) is 20.3 Å². The van der Waals surface area contributed by atoms with Gasteiger partial charge in [0.2, 0.25) is 0 Å². The van der Waals surface area contributed by atoms with Crippen molar-refractivity contribution in [2.45, 2.75) is 20.3 Å². The van der Waals surface area contributed by atoms with Crippen molar-refractivity contribution in [2.24, 2.45) is 5.92 Å². The van der Waals surface area contributed by atoms with Crippen LogP contribution in [0.2, 0.25) is 0 Å². The molecule has 26 heavy (non-hydrogen) atoms. The van der Waals surface area contributed by atoms with E-state index in [9.17, 15) is 19.2 Å². The van der Waals surface area contributed by atoms with E-state index in [1.165, 1.54) is 0 Å². The molecule has 0 amide bonds. The molecule has 0 atom stereocenters. The number of hydrogen-bond donors (Lipinski definition) is 5. The number of aliphatic hydroxyl groups is 1. The van der Waals surface area contributed by atoms with Crippen LogP contribution in [0.3, 0.4) is 0 Å². The Morgan fingerprint density at radius 1 is 0.692 bits per heavy atom. The Kier molecular flexibility index (Phi) is 39.2. The fraction of sp³-hybridized carbons (Fsp3) is 0.294. The molecule has 0 aliphatic heterocycles. The van der Waals surface area contributed by atoms with Crippen molar-refractivity contribution < 1.29 is 44.7 Å². The minimum atomic E-state index is -0.981. The third-order valence-corrected chi connectivity index (χ3v) is 1.40. The summed E-state index contributed by atoms with van der Waals surface area (Å²) >= 11 is 0. The zero-order chi connectivity index (χ0) is 22.1. The standard InChI is InChI=1S/C5H12O.4C3H4O2/c1-5(2)3-4-6;4*1-2-3(4)5/h5-6H,3-4H2,1-2H3;4*2H,1H2,(H,4,5). The van der Waals surface area contributed by atoms with Crippen molar-refractivity contribution in [3.8, 4) is 0 Å². The van der Waals surface area contributed by atoms with Crippen LogP contribution in [0.4, 0.5) is 0 Å². The fourth-order valence-electron chi connectivity index (χ4n) is 0.258. The highest BCUT2D eigenvalue weighted by atomic mass is 16.4. The maximum Gasteiger partial charge on any atom is 0.327 e. The van der Waals surface area contributed by atoms with Gasteiger partial charge in [-0.25, -0.2) is 19.2 Å². The minimum Gasteiger partial charge on any atom is -0.478 e. The van der Waals surface area contributed by atoms with Crippen LogP contribution < -0.4 is 0 Å². The Hall–Kier alpha value is -3.20. The maximum absolute atomic E-state index is 9.25. The lowest BCUT2D eigenvalue weighted by Gasteiger charge is -1.95. The molecule has 0 rings (SSSR count). The molecule has 5 N–H and O–H groups in total. The van der Waals surface area contributed by atoms with E-state index >= 15 is 0 Å². The van der Waals surface area contributed by atoms with Crippen LogP contribution in [0.25, 0.3) is 0 Å². The van der Waals surface area contributed by atoms with Gasteiger partial charge in [-0.05, 0) is 12.3 Å². The van der Waals surface area contributed by atoms with Crippen molar-refractivity contribution in [1.29, 1.82) is 0 Å². The lowest BCUT2D eigenvalue weighted by molar-refractivity contribution is -0.132. The first-order chi connectivity index (χ1) is 11.9. The van der Waals surface area contributed by atoms with Crippen molar-refractivity contribution in [3.05, 3.63) is 50.6 Å². The highest BCUT2D eigenvalue weighted by Gasteiger charge is 1.86. The van der Waals surface area contributed by atoms with Crippen molar-refractivity contribution in [3.63, 3.8) is 0 Å². The summed E-state index contributed by atoms with van der Waals surface area (Å²) in [5.74, 6) is -3.28. The average molecular weight is 376 g/mol. The molecule has 0 saturated heterocycles. The fourth-order valence-corrected chi connectivity index (χ4v) is 0.258. The van der Waals surface area contributed by atoms with E-state index in [0.717, 1.165) is 30.7 Å². The van der Waals surface area contributed by atoms with Gasteiger partial charge in [0.1, 0.15) is 0 Å². The smallest absolute Gasteiger partial charge is 0.327 e. The molecule has 0 aromatic rings. The van der Waals surface area contributed by atoms with Gasteiger partial charge in [0.25, 0.3) is 0 Å². The summed E-state index contributed by atoms with van der Waals surface area (Å²) in [6.45, 7) is 16.4. The molecule has 0 aliphatic carbocycles. The van der Waals surface area contributed by atoms with Gasteiger partial charge in [-0.2, -0.15) is 0 Å². The highest BCUT2D eigenvalue weighted by molar-refractivity contribution is 5.79. The summed E-state index contributed by atoms with van der Waals surface area (Å²) < 4.78 is 0. The topological polar surface area (TPSA) is 169 Å². The largest absolute Gasteiger partial charge is 0.478 e. The number of aliphatic carboxylic acids is 4. The lowest BCUT2D eigenvalue weighted by atomic mass is 10.2. The molecular weight excluding hydrogens is 348 g/mol. The molecule has 0 spiro atoms. The van der Waals surface area contributed by atoms with E-state index in [-0.39, 0.29) is 0 Å². The van der Waals surface area contributed by atoms with Crippen LogP contribution in [0, 0.1) is 5.92 Å². The average Bonchev–Trinajstić information content (AvgIpc) is 2.56. The zero-order valence-electron chi connectivity index (χ0n) is 15.0. The molecule has 0 radical (unpaired) electrons. The van der Waals surface area contributed by atoms with E-state index in [4.69, 9.17) is 25.5 Å². The van der Waals surface area contributed by atoms with E-state index in [0.29, 0.717) is 12.5 Å². The van der Waals surface area contributed by atoms with Gasteiger partial charge in [-0.15, -0.1) is 0 Å². The first-order valence-corrected chi connectivity index (χ1v) is 6.88. The Bertz CT molecular complexity index is 366. The summed E-state index contributed by atoms with van der Waals surface area (Å²) in [6, 6.07) is 0. The van der Waals surface area contributed by atoms with E-state index in [1.54, 1.807) is 0 Å². The molecule has 0 unspecified atom stereocenters. The van der Waals surface area contributed by atoms with Gasteiger partial charge in [-0.1, -0.05) is 40.2 Å². The van der Waals surface area contributed by atoms with Crippen LogP contribution >= 0.6 is 0 Å². The van der Waals surface area contributed by atoms with Crippen LogP contribution in [0.15, 0.2) is 50.6 Å². The van der Waals surface area contributed by atoms with Crippen LogP contribution in [-0.4, -0.2) is 56.0 Å². The SMILES string of the molecule is C=CC(=O)O.C=CC(=O)O.C=CC(=O)O.C=CC(=O)O.CC(C)CCO. The number of aliphatic hydroxyl groups excluding tert-OH is 1. The molecule has 0 aliphatic rings. The third-order valence-electron chi connectivity index (χ3n) is 1.40. The zero-order valence-corrected chi connectivity index (χ0v) is 15.0. The highest BCUT2D eigenvalue weighted by Crippen LogP contribution is 1.94. The van der Waals surface area contributed by atoms with Gasteiger partial charge in [0, 0.05) is 30.9 Å². The predicted octanol–water partition coefficient (Wildman–Crippen LogP) is 2.05. The molecule has 0 aromatic heterocycles. The van der Waals surface area contributed by atoms with Crippen molar-refractivity contribution in [2.75, 3.05) is 6.61 Å². The van der Waals surface area contributed by atoms with Gasteiger partial charge >= 0.3 is 23.9 Å². The minimum absolute atomic E-state index is 0.331. The molecule has 0 fully saturated rings. The second-order valence-corrected chi connectivity index (χ2v) is 4.08. The van der Waals surface area contributed by atoms with Crippen LogP contribution in [0.5, 0.6) is 0 Å². The molecule has 9 nitrogen and oxygen atoms in total. The molecule has 0 saturated carbocycles. The Morgan fingerprint density at radius 3 is 0.846 bits per heavy atom. The second-order valence-electron chi connectivity index (χ2n) is 4.08. The number of carboxylic acids is 4. The molecule has 0 aromatic carbocycles. The van der Waals surface area contributed by atoms with Crippen molar-refractivity contribution in [1.82, 2.24) is 0 Å². The van der Waals surface area contributed by atoms with Gasteiger partial charge in [0.05, 0.1) is 0 Å². The summed E-state index contributed by atoms with van der Waals surface area (Å²) in [4.78, 5) is 37.0. The molecule has 0 bridgehead atoms. The first kappa shape index (κ1) is 34.2. The monoisotopic (exact) mass is 376 g/mol.